The lowest BCUT2D eigenvalue weighted by molar-refractivity contribution is 0.413. The fourth-order valence-corrected chi connectivity index (χ4v) is 2.62. The van der Waals surface area contributed by atoms with Crippen LogP contribution in [0.1, 0.15) is 19.0 Å². The Hall–Kier alpha value is -2.19. The molecule has 0 amide bonds. The second kappa shape index (κ2) is 5.43. The van der Waals surface area contributed by atoms with Crippen LogP contribution in [0.3, 0.4) is 0 Å². The van der Waals surface area contributed by atoms with Crippen LogP contribution in [0.15, 0.2) is 24.3 Å². The molecule has 2 aromatic rings. The molecule has 5 nitrogen and oxygen atoms in total. The summed E-state index contributed by atoms with van der Waals surface area (Å²) in [6.07, 6.45) is 1.04. The molecule has 2 heterocycles. The van der Waals surface area contributed by atoms with Crippen LogP contribution < -0.4 is 10.2 Å². The van der Waals surface area contributed by atoms with Gasteiger partial charge in [-0.3, -0.25) is 0 Å². The minimum atomic E-state index is 0.420. The number of nitrogens with zero attached hydrogens (tertiary/aromatic N) is 4. The SMILES string of the molecule is CCCN(c1c(C#N)nnc2ccccc12)C1CNC1. The van der Waals surface area contributed by atoms with Crippen LogP contribution in [0.2, 0.25) is 0 Å². The van der Waals surface area contributed by atoms with Gasteiger partial charge >= 0.3 is 0 Å². The van der Waals surface area contributed by atoms with E-state index < -0.39 is 0 Å². The molecule has 0 unspecified atom stereocenters. The summed E-state index contributed by atoms with van der Waals surface area (Å²) < 4.78 is 0. The van der Waals surface area contributed by atoms with Gasteiger partial charge in [-0.15, -0.1) is 10.2 Å². The Labute approximate surface area is 118 Å². The summed E-state index contributed by atoms with van der Waals surface area (Å²) in [7, 11) is 0. The van der Waals surface area contributed by atoms with Crippen molar-refractivity contribution in [2.24, 2.45) is 0 Å². The van der Waals surface area contributed by atoms with E-state index in [2.05, 4.69) is 33.4 Å². The smallest absolute Gasteiger partial charge is 0.187 e. The average Bonchev–Trinajstić information content (AvgIpc) is 2.43. The van der Waals surface area contributed by atoms with Crippen molar-refractivity contribution in [3.8, 4) is 6.07 Å². The molecule has 0 atom stereocenters. The first kappa shape index (κ1) is 12.8. The van der Waals surface area contributed by atoms with E-state index in [0.29, 0.717) is 11.7 Å². The molecule has 5 heteroatoms. The van der Waals surface area contributed by atoms with Crippen molar-refractivity contribution in [1.29, 1.82) is 5.26 Å². The zero-order valence-electron chi connectivity index (χ0n) is 11.5. The summed E-state index contributed by atoms with van der Waals surface area (Å²) in [5, 5.41) is 21.9. The number of hydrogen-bond donors (Lipinski definition) is 1. The lowest BCUT2D eigenvalue weighted by Gasteiger charge is -2.40. The summed E-state index contributed by atoms with van der Waals surface area (Å²) >= 11 is 0. The van der Waals surface area contributed by atoms with E-state index in [4.69, 9.17) is 0 Å². The maximum Gasteiger partial charge on any atom is 0.187 e. The molecule has 0 radical (unpaired) electrons. The summed E-state index contributed by atoms with van der Waals surface area (Å²) in [6.45, 7) is 5.00. The fourth-order valence-electron chi connectivity index (χ4n) is 2.62. The Balaban J connectivity index is 2.18. The topological polar surface area (TPSA) is 64.8 Å². The van der Waals surface area contributed by atoms with E-state index in [1.807, 2.05) is 24.3 Å². The van der Waals surface area contributed by atoms with Gasteiger partial charge in [-0.2, -0.15) is 5.26 Å². The maximum absolute atomic E-state index is 9.37. The number of aromatic nitrogens is 2. The predicted octanol–water partition coefficient (Wildman–Crippen LogP) is 1.69. The molecule has 102 valence electrons. The van der Waals surface area contributed by atoms with Gasteiger partial charge in [0.15, 0.2) is 5.69 Å². The number of anilines is 1. The maximum atomic E-state index is 9.37. The van der Waals surface area contributed by atoms with Crippen molar-refractivity contribution in [2.75, 3.05) is 24.5 Å². The van der Waals surface area contributed by atoms with E-state index in [0.717, 1.165) is 42.6 Å². The van der Waals surface area contributed by atoms with Crippen LogP contribution in [0.25, 0.3) is 10.9 Å². The highest BCUT2D eigenvalue weighted by Crippen LogP contribution is 2.30. The Morgan fingerprint density at radius 1 is 1.35 bits per heavy atom. The summed E-state index contributed by atoms with van der Waals surface area (Å²) in [5.41, 5.74) is 2.20. The van der Waals surface area contributed by atoms with Crippen molar-refractivity contribution in [1.82, 2.24) is 15.5 Å². The number of fused-ring (bicyclic) bond motifs is 1. The monoisotopic (exact) mass is 267 g/mol. The molecule has 0 spiro atoms. The first-order chi connectivity index (χ1) is 9.85. The van der Waals surface area contributed by atoms with Crippen LogP contribution in [0.5, 0.6) is 0 Å². The highest BCUT2D eigenvalue weighted by molar-refractivity contribution is 5.93. The minimum absolute atomic E-state index is 0.420. The van der Waals surface area contributed by atoms with E-state index in [1.165, 1.54) is 0 Å². The normalized spacial score (nSPS) is 14.8. The van der Waals surface area contributed by atoms with Crippen molar-refractivity contribution < 1.29 is 0 Å². The first-order valence-electron chi connectivity index (χ1n) is 6.98. The standard InChI is InChI=1S/C15H17N5/c1-2-7-20(11-9-17-10-11)15-12-5-3-4-6-13(12)18-19-14(15)8-16/h3-6,11,17H,2,7,9-10H2,1H3. The largest absolute Gasteiger partial charge is 0.363 e. The molecule has 20 heavy (non-hydrogen) atoms. The molecule has 1 N–H and O–H groups in total. The zero-order chi connectivity index (χ0) is 13.9. The van der Waals surface area contributed by atoms with Gasteiger partial charge in [0.2, 0.25) is 0 Å². The van der Waals surface area contributed by atoms with Gasteiger partial charge in [0.1, 0.15) is 6.07 Å². The molecule has 0 bridgehead atoms. The Kier molecular flexibility index (Phi) is 3.48. The third-order valence-corrected chi connectivity index (χ3v) is 3.70. The molecule has 1 saturated heterocycles. The van der Waals surface area contributed by atoms with Gasteiger partial charge < -0.3 is 10.2 Å². The van der Waals surface area contributed by atoms with Crippen molar-refractivity contribution in [3.05, 3.63) is 30.0 Å². The van der Waals surface area contributed by atoms with E-state index in [9.17, 15) is 5.26 Å². The number of benzene rings is 1. The van der Waals surface area contributed by atoms with Crippen LogP contribution in [-0.4, -0.2) is 35.9 Å². The molecular formula is C15H17N5. The van der Waals surface area contributed by atoms with Gasteiger partial charge in [0, 0.05) is 25.0 Å². The lowest BCUT2D eigenvalue weighted by Crippen LogP contribution is -2.57. The Morgan fingerprint density at radius 3 is 2.80 bits per heavy atom. The fraction of sp³-hybridized carbons (Fsp3) is 0.400. The predicted molar refractivity (Wildman–Crippen MR) is 78.5 cm³/mol. The summed E-state index contributed by atoms with van der Waals surface area (Å²) in [6, 6.07) is 10.5. The number of hydrogen-bond acceptors (Lipinski definition) is 5. The Morgan fingerprint density at radius 2 is 2.15 bits per heavy atom. The molecule has 3 rings (SSSR count). The molecule has 1 aromatic heterocycles. The second-order valence-corrected chi connectivity index (χ2v) is 5.03. The number of nitrogens with one attached hydrogen (secondary N) is 1. The van der Waals surface area contributed by atoms with Gasteiger partial charge in [0.25, 0.3) is 0 Å². The van der Waals surface area contributed by atoms with Gasteiger partial charge in [-0.25, -0.2) is 0 Å². The van der Waals surface area contributed by atoms with Gasteiger partial charge in [-0.05, 0) is 12.5 Å². The first-order valence-corrected chi connectivity index (χ1v) is 6.98. The van der Waals surface area contributed by atoms with Crippen molar-refractivity contribution in [2.45, 2.75) is 19.4 Å². The highest BCUT2D eigenvalue weighted by atomic mass is 15.3. The molecule has 0 saturated carbocycles. The Bertz CT molecular complexity index is 657. The van der Waals surface area contributed by atoms with Crippen LogP contribution >= 0.6 is 0 Å². The van der Waals surface area contributed by atoms with Gasteiger partial charge in [-0.1, -0.05) is 25.1 Å². The molecule has 1 aliphatic rings. The van der Waals surface area contributed by atoms with Crippen molar-refractivity contribution in [3.63, 3.8) is 0 Å². The van der Waals surface area contributed by atoms with Crippen molar-refractivity contribution >= 4 is 16.6 Å². The quantitative estimate of drug-likeness (QED) is 0.913. The van der Waals surface area contributed by atoms with Crippen LogP contribution in [0.4, 0.5) is 5.69 Å². The zero-order valence-corrected chi connectivity index (χ0v) is 11.5. The highest BCUT2D eigenvalue weighted by Gasteiger charge is 2.28. The minimum Gasteiger partial charge on any atom is -0.363 e. The lowest BCUT2D eigenvalue weighted by atomic mass is 10.1. The average molecular weight is 267 g/mol. The summed E-state index contributed by atoms with van der Waals surface area (Å²) in [4.78, 5) is 2.31. The van der Waals surface area contributed by atoms with Gasteiger partial charge in [0.05, 0.1) is 17.2 Å². The molecule has 1 aromatic carbocycles. The third-order valence-electron chi connectivity index (χ3n) is 3.70. The van der Waals surface area contributed by atoms with E-state index >= 15 is 0 Å². The van der Waals surface area contributed by atoms with E-state index in [1.54, 1.807) is 0 Å². The van der Waals surface area contributed by atoms with E-state index in [-0.39, 0.29) is 0 Å². The second-order valence-electron chi connectivity index (χ2n) is 5.03. The molecule has 0 aliphatic carbocycles. The number of nitriles is 1. The summed E-state index contributed by atoms with van der Waals surface area (Å²) in [5.74, 6) is 0. The van der Waals surface area contributed by atoms with Crippen LogP contribution in [0, 0.1) is 11.3 Å². The molecular weight excluding hydrogens is 250 g/mol. The van der Waals surface area contributed by atoms with Crippen LogP contribution in [-0.2, 0) is 0 Å². The molecule has 1 fully saturated rings. The number of rotatable bonds is 4. The third kappa shape index (κ3) is 2.08. The molecule has 1 aliphatic heterocycles.